The number of nitrogens with zero attached hydrogens (tertiary/aromatic N) is 3. The van der Waals surface area contributed by atoms with Crippen LogP contribution in [0, 0.1) is 13.8 Å². The Hall–Kier alpha value is -3.48. The molecule has 2 aromatic carbocycles. The van der Waals surface area contributed by atoms with Gasteiger partial charge in [-0.05, 0) is 44.5 Å². The second-order valence-corrected chi connectivity index (χ2v) is 7.34. The summed E-state index contributed by atoms with van der Waals surface area (Å²) in [4.78, 5) is 29.9. The summed E-state index contributed by atoms with van der Waals surface area (Å²) in [5.74, 6) is 1.25. The van der Waals surface area contributed by atoms with Gasteiger partial charge in [-0.1, -0.05) is 29.8 Å². The number of amides is 2. The molecule has 1 unspecified atom stereocenters. The van der Waals surface area contributed by atoms with E-state index in [1.807, 2.05) is 36.7 Å². The molecule has 2 N–H and O–H groups in total. The molecule has 7 heteroatoms. The predicted molar refractivity (Wildman–Crippen MR) is 110 cm³/mol. The summed E-state index contributed by atoms with van der Waals surface area (Å²) < 4.78 is 1.86. The quantitative estimate of drug-likeness (QED) is 0.718. The standard InChI is InChI=1S/C22H23N5O2/c1-14-6-5-7-16(12-14)21(28)25-19-9-4-3-8-18(19)22(29)24-17-10-11-20-23-15(2)26-27(20)13-17/h3-9,12,17H,10-11,13H2,1-2H3,(H,24,29)(H,25,28). The maximum atomic E-state index is 12.9. The molecule has 0 saturated carbocycles. The zero-order valence-corrected chi connectivity index (χ0v) is 16.5. The Morgan fingerprint density at radius 2 is 1.90 bits per heavy atom. The number of hydrogen-bond acceptors (Lipinski definition) is 4. The summed E-state index contributed by atoms with van der Waals surface area (Å²) in [6.45, 7) is 4.40. The third kappa shape index (κ3) is 4.18. The van der Waals surface area contributed by atoms with E-state index in [0.717, 1.165) is 30.1 Å². The lowest BCUT2D eigenvalue weighted by molar-refractivity contribution is 0.0927. The van der Waals surface area contributed by atoms with Crippen molar-refractivity contribution in [2.45, 2.75) is 39.3 Å². The fourth-order valence-electron chi connectivity index (χ4n) is 3.59. The molecule has 1 aliphatic heterocycles. The topological polar surface area (TPSA) is 88.9 Å². The number of aryl methyl sites for hydroxylation is 3. The van der Waals surface area contributed by atoms with Gasteiger partial charge in [-0.2, -0.15) is 5.10 Å². The van der Waals surface area contributed by atoms with Gasteiger partial charge in [0.1, 0.15) is 11.6 Å². The van der Waals surface area contributed by atoms with Gasteiger partial charge in [-0.15, -0.1) is 0 Å². The van der Waals surface area contributed by atoms with Crippen molar-refractivity contribution in [3.05, 3.63) is 76.9 Å². The van der Waals surface area contributed by atoms with Crippen LogP contribution in [0.1, 0.15) is 44.3 Å². The molecule has 0 bridgehead atoms. The van der Waals surface area contributed by atoms with Crippen molar-refractivity contribution < 1.29 is 9.59 Å². The highest BCUT2D eigenvalue weighted by Gasteiger charge is 2.23. The first-order valence-electron chi connectivity index (χ1n) is 9.68. The van der Waals surface area contributed by atoms with Gasteiger partial charge in [0, 0.05) is 18.0 Å². The van der Waals surface area contributed by atoms with E-state index in [-0.39, 0.29) is 17.9 Å². The van der Waals surface area contributed by atoms with Gasteiger partial charge in [-0.3, -0.25) is 9.59 Å². The van der Waals surface area contributed by atoms with Crippen molar-refractivity contribution in [3.8, 4) is 0 Å². The Balaban J connectivity index is 1.48. The highest BCUT2D eigenvalue weighted by molar-refractivity contribution is 6.09. The Kier molecular flexibility index (Phi) is 5.12. The molecule has 2 heterocycles. The van der Waals surface area contributed by atoms with Gasteiger partial charge in [0.2, 0.25) is 0 Å². The van der Waals surface area contributed by atoms with Crippen molar-refractivity contribution in [3.63, 3.8) is 0 Å². The Morgan fingerprint density at radius 1 is 1.07 bits per heavy atom. The first kappa shape index (κ1) is 18.9. The van der Waals surface area contributed by atoms with E-state index in [1.165, 1.54) is 0 Å². The SMILES string of the molecule is Cc1cccc(C(=O)Nc2ccccc2C(=O)NC2CCc3nc(C)nn3C2)c1. The maximum Gasteiger partial charge on any atom is 0.255 e. The smallest absolute Gasteiger partial charge is 0.255 e. The lowest BCUT2D eigenvalue weighted by atomic mass is 10.1. The number of benzene rings is 2. The van der Waals surface area contributed by atoms with E-state index in [0.29, 0.717) is 23.4 Å². The third-order valence-electron chi connectivity index (χ3n) is 5.00. The van der Waals surface area contributed by atoms with Crippen LogP contribution in [0.2, 0.25) is 0 Å². The van der Waals surface area contributed by atoms with E-state index in [2.05, 4.69) is 20.7 Å². The second-order valence-electron chi connectivity index (χ2n) is 7.34. The molecule has 1 atom stereocenters. The number of carbonyl (C=O) groups excluding carboxylic acids is 2. The van der Waals surface area contributed by atoms with Gasteiger partial charge in [0.25, 0.3) is 11.8 Å². The lowest BCUT2D eigenvalue weighted by Crippen LogP contribution is -2.41. The number of aromatic nitrogens is 3. The number of para-hydroxylation sites is 1. The largest absolute Gasteiger partial charge is 0.347 e. The van der Waals surface area contributed by atoms with Gasteiger partial charge in [0.15, 0.2) is 0 Å². The number of hydrogen-bond donors (Lipinski definition) is 2. The molecule has 0 saturated heterocycles. The molecular weight excluding hydrogens is 366 g/mol. The molecule has 0 aliphatic carbocycles. The zero-order chi connectivity index (χ0) is 20.4. The monoisotopic (exact) mass is 389 g/mol. The fourth-order valence-corrected chi connectivity index (χ4v) is 3.59. The molecule has 1 aromatic heterocycles. The first-order valence-corrected chi connectivity index (χ1v) is 9.68. The van der Waals surface area contributed by atoms with E-state index in [9.17, 15) is 9.59 Å². The van der Waals surface area contributed by atoms with Crippen molar-refractivity contribution in [2.75, 3.05) is 5.32 Å². The van der Waals surface area contributed by atoms with Crippen molar-refractivity contribution >= 4 is 17.5 Å². The summed E-state index contributed by atoms with van der Waals surface area (Å²) in [5.41, 5.74) is 2.49. The summed E-state index contributed by atoms with van der Waals surface area (Å²) in [6, 6.07) is 14.4. The molecule has 29 heavy (non-hydrogen) atoms. The van der Waals surface area contributed by atoms with Gasteiger partial charge in [0.05, 0.1) is 17.8 Å². The Bertz CT molecular complexity index is 1070. The molecule has 1 aliphatic rings. The predicted octanol–water partition coefficient (Wildman–Crippen LogP) is 2.89. The highest BCUT2D eigenvalue weighted by Crippen LogP contribution is 2.19. The minimum absolute atomic E-state index is 0.0309. The van der Waals surface area contributed by atoms with Gasteiger partial charge >= 0.3 is 0 Å². The number of carbonyl (C=O) groups is 2. The van der Waals surface area contributed by atoms with Crippen LogP contribution in [-0.4, -0.2) is 32.6 Å². The molecule has 0 spiro atoms. The summed E-state index contributed by atoms with van der Waals surface area (Å²) in [7, 11) is 0. The minimum Gasteiger partial charge on any atom is -0.347 e. The molecule has 7 nitrogen and oxygen atoms in total. The molecular formula is C22H23N5O2. The van der Waals surface area contributed by atoms with Crippen LogP contribution in [0.15, 0.2) is 48.5 Å². The minimum atomic E-state index is -0.241. The van der Waals surface area contributed by atoms with Crippen molar-refractivity contribution in [2.24, 2.45) is 0 Å². The van der Waals surface area contributed by atoms with Crippen LogP contribution in [0.3, 0.4) is 0 Å². The summed E-state index contributed by atoms with van der Waals surface area (Å²) >= 11 is 0. The average molecular weight is 389 g/mol. The number of fused-ring (bicyclic) bond motifs is 1. The molecule has 3 aromatic rings. The van der Waals surface area contributed by atoms with E-state index in [1.54, 1.807) is 30.3 Å². The first-order chi connectivity index (χ1) is 14.0. The second kappa shape index (κ2) is 7.87. The maximum absolute atomic E-state index is 12.9. The lowest BCUT2D eigenvalue weighted by Gasteiger charge is -2.24. The zero-order valence-electron chi connectivity index (χ0n) is 16.5. The molecule has 4 rings (SSSR count). The Morgan fingerprint density at radius 3 is 2.72 bits per heavy atom. The normalized spacial score (nSPS) is 15.4. The van der Waals surface area contributed by atoms with Crippen LogP contribution in [0.25, 0.3) is 0 Å². The van der Waals surface area contributed by atoms with E-state index >= 15 is 0 Å². The van der Waals surface area contributed by atoms with Crippen LogP contribution in [0.5, 0.6) is 0 Å². The fraction of sp³-hybridized carbons (Fsp3) is 0.273. The van der Waals surface area contributed by atoms with Gasteiger partial charge < -0.3 is 10.6 Å². The van der Waals surface area contributed by atoms with Crippen molar-refractivity contribution in [1.29, 1.82) is 0 Å². The van der Waals surface area contributed by atoms with E-state index < -0.39 is 0 Å². The van der Waals surface area contributed by atoms with Crippen LogP contribution < -0.4 is 10.6 Å². The third-order valence-corrected chi connectivity index (χ3v) is 5.00. The van der Waals surface area contributed by atoms with Crippen LogP contribution in [-0.2, 0) is 13.0 Å². The van der Waals surface area contributed by atoms with E-state index in [4.69, 9.17) is 0 Å². The van der Waals surface area contributed by atoms with Gasteiger partial charge in [-0.25, -0.2) is 9.67 Å². The van der Waals surface area contributed by atoms with Crippen LogP contribution in [0.4, 0.5) is 5.69 Å². The molecule has 0 fully saturated rings. The molecule has 148 valence electrons. The summed E-state index contributed by atoms with van der Waals surface area (Å²) in [6.07, 6.45) is 1.58. The Labute approximate surface area is 169 Å². The average Bonchev–Trinajstić information content (AvgIpc) is 3.07. The number of rotatable bonds is 4. The number of nitrogens with one attached hydrogen (secondary N) is 2. The summed E-state index contributed by atoms with van der Waals surface area (Å²) in [5, 5.41) is 10.3. The molecule has 0 radical (unpaired) electrons. The van der Waals surface area contributed by atoms with Crippen molar-refractivity contribution in [1.82, 2.24) is 20.1 Å². The van der Waals surface area contributed by atoms with Crippen LogP contribution >= 0.6 is 0 Å². The highest BCUT2D eigenvalue weighted by atomic mass is 16.2. The molecule has 2 amide bonds. The number of anilines is 1.